The molecule has 0 aliphatic carbocycles. The van der Waals surface area contributed by atoms with Gasteiger partial charge in [-0.25, -0.2) is 23.5 Å². The summed E-state index contributed by atoms with van der Waals surface area (Å²) in [6.07, 6.45) is -2.16. The van der Waals surface area contributed by atoms with Gasteiger partial charge >= 0.3 is 6.18 Å². The average molecular weight is 486 g/mol. The fraction of sp³-hybridized carbons (Fsp3) is 0.400. The third kappa shape index (κ3) is 5.74. The number of hydrogen-bond acceptors (Lipinski definition) is 7. The molecule has 3 N–H and O–H groups in total. The second kappa shape index (κ2) is 8.93. The van der Waals surface area contributed by atoms with E-state index in [1.165, 1.54) is 24.5 Å². The predicted molar refractivity (Wildman–Crippen MR) is 117 cm³/mol. The quantitative estimate of drug-likeness (QED) is 0.554. The largest absolute Gasteiger partial charge is 0.393 e. The Morgan fingerprint density at radius 2 is 1.84 bits per heavy atom. The highest BCUT2D eigenvalue weighted by Crippen LogP contribution is 2.33. The molecule has 0 spiro atoms. The zero-order chi connectivity index (χ0) is 22.9. The molecule has 1 aliphatic rings. The summed E-state index contributed by atoms with van der Waals surface area (Å²) in [7, 11) is -3.70. The van der Waals surface area contributed by atoms with Crippen molar-refractivity contribution in [2.75, 3.05) is 18.4 Å². The molecule has 12 heteroatoms. The topological polar surface area (TPSA) is 101 Å². The third-order valence-electron chi connectivity index (χ3n) is 5.34. The molecule has 1 fully saturated rings. The van der Waals surface area contributed by atoms with E-state index < -0.39 is 22.6 Å². The van der Waals surface area contributed by atoms with E-state index in [2.05, 4.69) is 20.2 Å². The number of nitrogens with zero attached hydrogens (tertiary/aromatic N) is 3. The van der Waals surface area contributed by atoms with Crippen molar-refractivity contribution >= 4 is 37.4 Å². The normalized spacial score (nSPS) is 16.5. The van der Waals surface area contributed by atoms with Crippen LogP contribution in [0.15, 0.2) is 41.6 Å². The van der Waals surface area contributed by atoms with Gasteiger partial charge in [-0.2, -0.15) is 13.2 Å². The van der Waals surface area contributed by atoms with Gasteiger partial charge in [-0.3, -0.25) is 4.90 Å². The van der Waals surface area contributed by atoms with Crippen molar-refractivity contribution in [2.45, 2.75) is 42.9 Å². The summed E-state index contributed by atoms with van der Waals surface area (Å²) in [6, 6.07) is 8.21. The first-order valence-electron chi connectivity index (χ1n) is 9.98. The first kappa shape index (κ1) is 22.9. The minimum Gasteiger partial charge on any atom is -0.367 e. The maximum absolute atomic E-state index is 12.7. The fourth-order valence-electron chi connectivity index (χ4n) is 3.78. The molecular formula is C20H22F3N5O2S2. The van der Waals surface area contributed by atoms with E-state index in [9.17, 15) is 21.6 Å². The molecule has 1 aromatic carbocycles. The van der Waals surface area contributed by atoms with Gasteiger partial charge in [-0.05, 0) is 36.6 Å². The Labute approximate surface area is 187 Å². The first-order valence-corrected chi connectivity index (χ1v) is 12.3. The number of hydrogen-bond donors (Lipinski definition) is 2. The Kier molecular flexibility index (Phi) is 6.39. The fourth-order valence-corrected chi connectivity index (χ4v) is 5.32. The highest BCUT2D eigenvalue weighted by Gasteiger charge is 2.29. The number of fused-ring (bicyclic) bond motifs is 1. The van der Waals surface area contributed by atoms with Crippen molar-refractivity contribution in [2.24, 2.45) is 5.14 Å². The molecule has 0 radical (unpaired) electrons. The zero-order valence-corrected chi connectivity index (χ0v) is 18.6. The molecule has 4 rings (SSSR count). The molecule has 1 aliphatic heterocycles. The second-order valence-corrected chi connectivity index (χ2v) is 10.5. The number of thiophene rings is 1. The number of anilines is 1. The van der Waals surface area contributed by atoms with E-state index in [0.717, 1.165) is 42.8 Å². The van der Waals surface area contributed by atoms with Crippen molar-refractivity contribution in [3.63, 3.8) is 0 Å². The molecular weight excluding hydrogens is 463 g/mol. The van der Waals surface area contributed by atoms with E-state index in [1.54, 1.807) is 12.1 Å². The van der Waals surface area contributed by atoms with Crippen LogP contribution in [0.5, 0.6) is 0 Å². The lowest BCUT2D eigenvalue weighted by Crippen LogP contribution is -2.38. The minimum atomic E-state index is -4.26. The smallest absolute Gasteiger partial charge is 0.367 e. The van der Waals surface area contributed by atoms with Gasteiger partial charge in [0.15, 0.2) is 0 Å². The number of benzene rings is 1. The van der Waals surface area contributed by atoms with Crippen LogP contribution in [0, 0.1) is 0 Å². The van der Waals surface area contributed by atoms with Crippen LogP contribution >= 0.6 is 11.3 Å². The van der Waals surface area contributed by atoms with Crippen LogP contribution in [0.4, 0.5) is 19.0 Å². The molecule has 0 amide bonds. The number of piperidine rings is 1. The Bertz CT molecular complexity index is 1190. The maximum Gasteiger partial charge on any atom is 0.393 e. The number of halogens is 3. The van der Waals surface area contributed by atoms with Crippen LogP contribution in [0.2, 0.25) is 0 Å². The van der Waals surface area contributed by atoms with Crippen LogP contribution in [0.3, 0.4) is 0 Å². The highest BCUT2D eigenvalue weighted by molar-refractivity contribution is 7.89. The average Bonchev–Trinajstić information content (AvgIpc) is 3.11. The summed E-state index contributed by atoms with van der Waals surface area (Å²) in [4.78, 5) is 11.5. The SMILES string of the molecule is NS(=O)(=O)c1ccc(CN2CCC(Nc3ncnc4sc(CC(F)(F)F)cc34)CC2)cc1. The first-order chi connectivity index (χ1) is 15.1. The van der Waals surface area contributed by atoms with Crippen molar-refractivity contribution in [3.05, 3.63) is 47.1 Å². The van der Waals surface area contributed by atoms with Gasteiger partial charge in [-0.1, -0.05) is 12.1 Å². The zero-order valence-electron chi connectivity index (χ0n) is 17.0. The molecule has 0 atom stereocenters. The summed E-state index contributed by atoms with van der Waals surface area (Å²) < 4.78 is 60.9. The summed E-state index contributed by atoms with van der Waals surface area (Å²) in [5, 5.41) is 9.12. The van der Waals surface area contributed by atoms with Gasteiger partial charge in [0.05, 0.1) is 16.7 Å². The van der Waals surface area contributed by atoms with E-state index in [4.69, 9.17) is 5.14 Å². The maximum atomic E-state index is 12.7. The summed E-state index contributed by atoms with van der Waals surface area (Å²) >= 11 is 1.04. The molecule has 7 nitrogen and oxygen atoms in total. The molecule has 0 bridgehead atoms. The minimum absolute atomic E-state index is 0.0899. The Hall–Kier alpha value is -2.28. The van der Waals surface area contributed by atoms with E-state index >= 15 is 0 Å². The number of likely N-dealkylation sites (tertiary alicyclic amines) is 1. The number of sulfonamides is 1. The molecule has 0 saturated carbocycles. The predicted octanol–water partition coefficient (Wildman–Crippen LogP) is 3.52. The lowest BCUT2D eigenvalue weighted by molar-refractivity contribution is -0.126. The summed E-state index contributed by atoms with van der Waals surface area (Å²) in [5.74, 6) is 0.566. The van der Waals surface area contributed by atoms with Crippen molar-refractivity contribution in [3.8, 4) is 0 Å². The molecule has 1 saturated heterocycles. The third-order valence-corrected chi connectivity index (χ3v) is 7.31. The summed E-state index contributed by atoms with van der Waals surface area (Å²) in [5.41, 5.74) is 0.997. The number of alkyl halides is 3. The standard InChI is InChI=1S/C20H22F3N5O2S2/c21-20(22,23)10-15-9-17-18(25-12-26-19(17)31-15)27-14-5-7-28(8-6-14)11-13-1-3-16(4-2-13)32(24,29)30/h1-4,9,12,14H,5-8,10-11H2,(H2,24,29,30)(H,25,26,27). The van der Waals surface area contributed by atoms with E-state index in [-0.39, 0.29) is 15.8 Å². The highest BCUT2D eigenvalue weighted by atomic mass is 32.2. The molecule has 172 valence electrons. The van der Waals surface area contributed by atoms with Gasteiger partial charge in [0.1, 0.15) is 17.0 Å². The Balaban J connectivity index is 1.35. The number of primary sulfonamides is 1. The van der Waals surface area contributed by atoms with Crippen LogP contribution in [0.1, 0.15) is 23.3 Å². The number of aromatic nitrogens is 2. The van der Waals surface area contributed by atoms with Gasteiger partial charge in [0.2, 0.25) is 10.0 Å². The second-order valence-electron chi connectivity index (χ2n) is 7.83. The van der Waals surface area contributed by atoms with Crippen LogP contribution in [0.25, 0.3) is 10.2 Å². The van der Waals surface area contributed by atoms with E-state index in [0.29, 0.717) is 22.6 Å². The number of rotatable bonds is 6. The van der Waals surface area contributed by atoms with Crippen molar-refractivity contribution in [1.29, 1.82) is 0 Å². The molecule has 32 heavy (non-hydrogen) atoms. The van der Waals surface area contributed by atoms with Crippen LogP contribution in [-0.4, -0.2) is 48.6 Å². The molecule has 3 aromatic rings. The van der Waals surface area contributed by atoms with Gasteiger partial charge in [0, 0.05) is 30.6 Å². The van der Waals surface area contributed by atoms with Crippen LogP contribution in [-0.2, 0) is 23.0 Å². The van der Waals surface area contributed by atoms with Gasteiger partial charge in [0.25, 0.3) is 0 Å². The van der Waals surface area contributed by atoms with E-state index in [1.807, 2.05) is 0 Å². The Morgan fingerprint density at radius 1 is 1.16 bits per heavy atom. The number of nitrogens with two attached hydrogens (primary N) is 1. The Morgan fingerprint density at radius 3 is 2.47 bits per heavy atom. The lowest BCUT2D eigenvalue weighted by atomic mass is 10.0. The van der Waals surface area contributed by atoms with Gasteiger partial charge in [-0.15, -0.1) is 11.3 Å². The monoisotopic (exact) mass is 485 g/mol. The van der Waals surface area contributed by atoms with Crippen LogP contribution < -0.4 is 10.5 Å². The molecule has 0 unspecified atom stereocenters. The molecule has 2 aromatic heterocycles. The van der Waals surface area contributed by atoms with Crippen molar-refractivity contribution in [1.82, 2.24) is 14.9 Å². The van der Waals surface area contributed by atoms with Crippen molar-refractivity contribution < 1.29 is 21.6 Å². The molecule has 3 heterocycles. The lowest BCUT2D eigenvalue weighted by Gasteiger charge is -2.32. The number of nitrogens with one attached hydrogen (secondary N) is 1. The van der Waals surface area contributed by atoms with Gasteiger partial charge < -0.3 is 5.32 Å². The summed E-state index contributed by atoms with van der Waals surface area (Å²) in [6.45, 7) is 2.35.